The molecule has 4 rings (SSSR count). The summed E-state index contributed by atoms with van der Waals surface area (Å²) in [5, 5.41) is 8.25. The van der Waals surface area contributed by atoms with E-state index in [-0.39, 0.29) is 11.9 Å². The SMILES string of the molecule is C=CC(=O)N1CCC(C2CCNc3c(C=O)c(-c4cc(OC)cc(OC)c4)nn32)CC1. The summed E-state index contributed by atoms with van der Waals surface area (Å²) in [4.78, 5) is 25.8. The van der Waals surface area contributed by atoms with Crippen molar-refractivity contribution in [1.29, 1.82) is 0 Å². The first-order valence-corrected chi connectivity index (χ1v) is 10.6. The number of nitrogens with one attached hydrogen (secondary N) is 1. The van der Waals surface area contributed by atoms with Gasteiger partial charge in [-0.05, 0) is 43.4 Å². The lowest BCUT2D eigenvalue weighted by Gasteiger charge is -2.38. The van der Waals surface area contributed by atoms with Crippen LogP contribution in [0, 0.1) is 5.92 Å². The molecule has 1 atom stereocenters. The predicted molar refractivity (Wildman–Crippen MR) is 118 cm³/mol. The highest BCUT2D eigenvalue weighted by Gasteiger charge is 2.34. The third kappa shape index (κ3) is 3.89. The highest BCUT2D eigenvalue weighted by molar-refractivity contribution is 5.93. The number of amides is 1. The van der Waals surface area contributed by atoms with Crippen LogP contribution >= 0.6 is 0 Å². The van der Waals surface area contributed by atoms with Crippen LogP contribution < -0.4 is 14.8 Å². The smallest absolute Gasteiger partial charge is 0.245 e. The van der Waals surface area contributed by atoms with Gasteiger partial charge in [0, 0.05) is 31.3 Å². The number of fused-ring (bicyclic) bond motifs is 1. The van der Waals surface area contributed by atoms with E-state index in [0.29, 0.717) is 28.7 Å². The molecular weight excluding hydrogens is 396 g/mol. The van der Waals surface area contributed by atoms with Crippen LogP contribution in [0.25, 0.3) is 11.3 Å². The summed E-state index contributed by atoms with van der Waals surface area (Å²) in [6.45, 7) is 5.80. The zero-order chi connectivity index (χ0) is 22.0. The number of hydrogen-bond donors (Lipinski definition) is 1. The first-order chi connectivity index (χ1) is 15.1. The largest absolute Gasteiger partial charge is 0.497 e. The molecule has 164 valence electrons. The molecule has 2 aliphatic rings. The van der Waals surface area contributed by atoms with Crippen LogP contribution in [0.3, 0.4) is 0 Å². The Morgan fingerprint density at radius 1 is 1.16 bits per heavy atom. The zero-order valence-electron chi connectivity index (χ0n) is 18.0. The van der Waals surface area contributed by atoms with Gasteiger partial charge in [0.1, 0.15) is 23.0 Å². The molecule has 8 heteroatoms. The van der Waals surface area contributed by atoms with E-state index in [0.717, 1.165) is 56.6 Å². The van der Waals surface area contributed by atoms with Crippen molar-refractivity contribution in [2.24, 2.45) is 5.92 Å². The topological polar surface area (TPSA) is 85.7 Å². The molecule has 1 fully saturated rings. The van der Waals surface area contributed by atoms with Gasteiger partial charge in [-0.25, -0.2) is 4.68 Å². The fourth-order valence-electron chi connectivity index (χ4n) is 4.66. The molecule has 0 spiro atoms. The fraction of sp³-hybridized carbons (Fsp3) is 0.435. The summed E-state index contributed by atoms with van der Waals surface area (Å²) in [6.07, 6.45) is 4.97. The Balaban J connectivity index is 1.67. The molecule has 1 N–H and O–H groups in total. The van der Waals surface area contributed by atoms with Gasteiger partial charge >= 0.3 is 0 Å². The Morgan fingerprint density at radius 2 is 1.84 bits per heavy atom. The number of rotatable bonds is 6. The van der Waals surface area contributed by atoms with E-state index < -0.39 is 0 Å². The van der Waals surface area contributed by atoms with Crippen LogP contribution in [0.4, 0.5) is 5.82 Å². The predicted octanol–water partition coefficient (Wildman–Crippen LogP) is 3.16. The summed E-state index contributed by atoms with van der Waals surface area (Å²) in [5.74, 6) is 2.41. The Labute approximate surface area is 181 Å². The van der Waals surface area contributed by atoms with Crippen LogP contribution in [0.15, 0.2) is 30.9 Å². The van der Waals surface area contributed by atoms with Crippen LogP contribution in [0.1, 0.15) is 35.7 Å². The van der Waals surface area contributed by atoms with E-state index in [1.807, 2.05) is 21.7 Å². The van der Waals surface area contributed by atoms with Crippen molar-refractivity contribution in [2.45, 2.75) is 25.3 Å². The second kappa shape index (κ2) is 8.83. The number of anilines is 1. The van der Waals surface area contributed by atoms with Crippen molar-refractivity contribution >= 4 is 18.0 Å². The minimum atomic E-state index is -0.0129. The Bertz CT molecular complexity index is 969. The molecule has 2 aliphatic heterocycles. The third-order valence-corrected chi connectivity index (χ3v) is 6.31. The van der Waals surface area contributed by atoms with Crippen molar-refractivity contribution in [3.05, 3.63) is 36.4 Å². The Hall–Kier alpha value is -3.29. The van der Waals surface area contributed by atoms with Gasteiger partial charge in [0.05, 0.1) is 25.8 Å². The lowest BCUT2D eigenvalue weighted by molar-refractivity contribution is -0.127. The highest BCUT2D eigenvalue weighted by atomic mass is 16.5. The fourth-order valence-corrected chi connectivity index (χ4v) is 4.66. The van der Waals surface area contributed by atoms with Crippen LogP contribution in [0.5, 0.6) is 11.5 Å². The summed E-state index contributed by atoms with van der Waals surface area (Å²) < 4.78 is 12.8. The standard InChI is InChI=1S/C23H28N4O4/c1-4-21(29)26-9-6-15(7-10-26)20-5-8-24-23-19(14-28)22(25-27(20)23)16-11-17(30-2)13-18(12-16)31-3/h4,11-15,20,24H,1,5-10H2,2-3H3. The minimum absolute atomic E-state index is 0.0129. The van der Waals surface area contributed by atoms with Crippen molar-refractivity contribution in [1.82, 2.24) is 14.7 Å². The normalized spacial score (nSPS) is 18.6. The summed E-state index contributed by atoms with van der Waals surface area (Å²) in [6, 6.07) is 5.69. The quantitative estimate of drug-likeness (QED) is 0.566. The molecule has 3 heterocycles. The number of carbonyl (C=O) groups is 2. The van der Waals surface area contributed by atoms with Crippen molar-refractivity contribution < 1.29 is 19.1 Å². The number of carbonyl (C=O) groups excluding carboxylic acids is 2. The molecule has 2 aromatic rings. The van der Waals surface area contributed by atoms with E-state index in [2.05, 4.69) is 11.9 Å². The lowest BCUT2D eigenvalue weighted by atomic mass is 9.87. The first-order valence-electron chi connectivity index (χ1n) is 10.6. The van der Waals surface area contributed by atoms with Crippen LogP contribution in [-0.4, -0.2) is 60.7 Å². The number of piperidine rings is 1. The Morgan fingerprint density at radius 3 is 2.42 bits per heavy atom. The van der Waals surface area contributed by atoms with Gasteiger partial charge in [-0.3, -0.25) is 9.59 Å². The van der Waals surface area contributed by atoms with Crippen LogP contribution in [-0.2, 0) is 4.79 Å². The molecule has 8 nitrogen and oxygen atoms in total. The molecule has 31 heavy (non-hydrogen) atoms. The van der Waals surface area contributed by atoms with Gasteiger partial charge in [-0.2, -0.15) is 5.10 Å². The number of hydrogen-bond acceptors (Lipinski definition) is 6. The lowest BCUT2D eigenvalue weighted by Crippen LogP contribution is -2.41. The van der Waals surface area contributed by atoms with E-state index in [9.17, 15) is 9.59 Å². The maximum Gasteiger partial charge on any atom is 0.245 e. The molecule has 0 radical (unpaired) electrons. The van der Waals surface area contributed by atoms with E-state index >= 15 is 0 Å². The summed E-state index contributed by atoms with van der Waals surface area (Å²) >= 11 is 0. The second-order valence-corrected chi connectivity index (χ2v) is 7.92. The van der Waals surface area contributed by atoms with Gasteiger partial charge in [-0.15, -0.1) is 0 Å². The van der Waals surface area contributed by atoms with Crippen molar-refractivity contribution in [2.75, 3.05) is 39.2 Å². The number of methoxy groups -OCH3 is 2. The molecule has 1 saturated heterocycles. The van der Waals surface area contributed by atoms with E-state index in [1.165, 1.54) is 6.08 Å². The molecular formula is C23H28N4O4. The van der Waals surface area contributed by atoms with Crippen molar-refractivity contribution in [3.8, 4) is 22.8 Å². The number of benzene rings is 1. The van der Waals surface area contributed by atoms with Gasteiger partial charge in [0.15, 0.2) is 6.29 Å². The maximum absolute atomic E-state index is 12.1. The molecule has 1 aromatic carbocycles. The summed E-state index contributed by atoms with van der Waals surface area (Å²) in [7, 11) is 3.19. The first kappa shape index (κ1) is 21.0. The van der Waals surface area contributed by atoms with Gasteiger partial charge in [-0.1, -0.05) is 6.58 Å². The molecule has 1 aromatic heterocycles. The summed E-state index contributed by atoms with van der Waals surface area (Å²) in [5.41, 5.74) is 1.92. The maximum atomic E-state index is 12.1. The third-order valence-electron chi connectivity index (χ3n) is 6.31. The monoisotopic (exact) mass is 424 g/mol. The van der Waals surface area contributed by atoms with Crippen LogP contribution in [0.2, 0.25) is 0 Å². The Kier molecular flexibility index (Phi) is 5.97. The van der Waals surface area contributed by atoms with Gasteiger partial charge in [0.2, 0.25) is 5.91 Å². The highest BCUT2D eigenvalue weighted by Crippen LogP contribution is 2.40. The number of nitrogens with zero attached hydrogens (tertiary/aromatic N) is 3. The second-order valence-electron chi connectivity index (χ2n) is 7.92. The van der Waals surface area contributed by atoms with E-state index in [4.69, 9.17) is 14.6 Å². The van der Waals surface area contributed by atoms with Crippen molar-refractivity contribution in [3.63, 3.8) is 0 Å². The average molecular weight is 425 g/mol. The molecule has 0 aliphatic carbocycles. The van der Waals surface area contributed by atoms with Gasteiger partial charge < -0.3 is 19.7 Å². The molecule has 0 saturated carbocycles. The zero-order valence-corrected chi connectivity index (χ0v) is 18.0. The van der Waals surface area contributed by atoms with E-state index in [1.54, 1.807) is 20.3 Å². The molecule has 1 unspecified atom stereocenters. The van der Waals surface area contributed by atoms with Gasteiger partial charge in [0.25, 0.3) is 0 Å². The number of aldehydes is 1. The average Bonchev–Trinajstić information content (AvgIpc) is 3.22. The number of aromatic nitrogens is 2. The number of ether oxygens (including phenoxy) is 2. The molecule has 1 amide bonds. The number of likely N-dealkylation sites (tertiary alicyclic amines) is 1. The minimum Gasteiger partial charge on any atom is -0.497 e. The molecule has 0 bridgehead atoms.